The number of rotatable bonds is 5. The predicted octanol–water partition coefficient (Wildman–Crippen LogP) is 5.33. The van der Waals surface area contributed by atoms with Crippen LogP contribution >= 0.6 is 0 Å². The smallest absolute Gasteiger partial charge is 0.261 e. The fraction of sp³-hybridized carbons (Fsp3) is 0.231. The number of hydrogen-bond donors (Lipinski definition) is 1. The zero-order valence-electron chi connectivity index (χ0n) is 18.5. The molecule has 6 nitrogen and oxygen atoms in total. The zero-order valence-corrected chi connectivity index (χ0v) is 19.3. The maximum absolute atomic E-state index is 13.0. The maximum Gasteiger partial charge on any atom is 0.261 e. The Morgan fingerprint density at radius 1 is 0.848 bits per heavy atom. The lowest BCUT2D eigenvalue weighted by molar-refractivity contribution is 0.436. The van der Waals surface area contributed by atoms with Crippen molar-refractivity contribution in [3.8, 4) is 11.3 Å². The molecular weight excluding hydrogens is 432 g/mol. The van der Waals surface area contributed by atoms with E-state index in [0.717, 1.165) is 41.2 Å². The van der Waals surface area contributed by atoms with Crippen LogP contribution in [0.1, 0.15) is 19.8 Å². The molecule has 3 aromatic carbocycles. The average molecular weight is 459 g/mol. The number of fused-ring (bicyclic) bond motifs is 1. The summed E-state index contributed by atoms with van der Waals surface area (Å²) < 4.78 is 28.7. The van der Waals surface area contributed by atoms with Gasteiger partial charge in [-0.15, -0.1) is 10.2 Å². The molecule has 0 saturated carbocycles. The van der Waals surface area contributed by atoms with Gasteiger partial charge in [0, 0.05) is 24.3 Å². The van der Waals surface area contributed by atoms with Crippen molar-refractivity contribution in [2.45, 2.75) is 24.7 Å². The monoisotopic (exact) mass is 458 g/mol. The van der Waals surface area contributed by atoms with Crippen molar-refractivity contribution in [1.29, 1.82) is 0 Å². The largest absolute Gasteiger partial charge is 0.355 e. The van der Waals surface area contributed by atoms with Crippen molar-refractivity contribution in [2.24, 2.45) is 5.92 Å². The van der Waals surface area contributed by atoms with Gasteiger partial charge in [-0.25, -0.2) is 8.42 Å². The van der Waals surface area contributed by atoms with Crippen LogP contribution in [0.25, 0.3) is 22.0 Å². The quantitative estimate of drug-likeness (QED) is 0.437. The third kappa shape index (κ3) is 4.68. The van der Waals surface area contributed by atoms with Gasteiger partial charge in [-0.2, -0.15) is 0 Å². The first-order chi connectivity index (χ1) is 16.0. The first kappa shape index (κ1) is 21.4. The van der Waals surface area contributed by atoms with Crippen LogP contribution < -0.4 is 9.62 Å². The van der Waals surface area contributed by atoms with E-state index in [1.54, 1.807) is 24.3 Å². The van der Waals surface area contributed by atoms with Crippen molar-refractivity contribution in [1.82, 2.24) is 10.2 Å². The Morgan fingerprint density at radius 2 is 1.64 bits per heavy atom. The number of nitrogens with zero attached hydrogens (tertiary/aromatic N) is 3. The highest BCUT2D eigenvalue weighted by molar-refractivity contribution is 7.92. The summed E-state index contributed by atoms with van der Waals surface area (Å²) in [6.07, 6.45) is 2.34. The second-order valence-corrected chi connectivity index (χ2v) is 10.3. The first-order valence-corrected chi connectivity index (χ1v) is 12.7. The molecular formula is C26H26N4O2S. The van der Waals surface area contributed by atoms with Crippen molar-refractivity contribution in [3.63, 3.8) is 0 Å². The van der Waals surface area contributed by atoms with Crippen LogP contribution in [0.4, 0.5) is 11.5 Å². The summed E-state index contributed by atoms with van der Waals surface area (Å²) in [6.45, 7) is 4.29. The molecule has 5 rings (SSSR count). The zero-order chi connectivity index (χ0) is 22.8. The van der Waals surface area contributed by atoms with Crippen LogP contribution in [0.5, 0.6) is 0 Å². The molecule has 168 valence electrons. The summed E-state index contributed by atoms with van der Waals surface area (Å²) in [5, 5.41) is 10.7. The lowest BCUT2D eigenvalue weighted by Gasteiger charge is -2.30. The SMILES string of the molecule is CC1CCN(c2ccc(-c3cccc(NS(=O)(=O)c4ccc5ccccc5c4)c3)nn2)CC1. The van der Waals surface area contributed by atoms with Crippen molar-refractivity contribution in [3.05, 3.63) is 78.9 Å². The van der Waals surface area contributed by atoms with Crippen LogP contribution in [0.15, 0.2) is 83.8 Å². The van der Waals surface area contributed by atoms with E-state index in [1.807, 2.05) is 54.6 Å². The molecule has 1 aliphatic rings. The lowest BCUT2D eigenvalue weighted by atomic mass is 9.99. The number of nitrogens with one attached hydrogen (secondary N) is 1. The van der Waals surface area contributed by atoms with E-state index in [2.05, 4.69) is 26.7 Å². The number of benzene rings is 3. The van der Waals surface area contributed by atoms with Gasteiger partial charge in [-0.3, -0.25) is 4.72 Å². The van der Waals surface area contributed by atoms with Gasteiger partial charge in [0.2, 0.25) is 0 Å². The Kier molecular flexibility index (Phi) is 5.72. The molecule has 0 atom stereocenters. The Bertz CT molecular complexity index is 1380. The molecule has 1 aromatic heterocycles. The number of hydrogen-bond acceptors (Lipinski definition) is 5. The Morgan fingerprint density at radius 3 is 2.39 bits per heavy atom. The van der Waals surface area contributed by atoms with E-state index in [1.165, 1.54) is 12.8 Å². The van der Waals surface area contributed by atoms with Gasteiger partial charge in [0.25, 0.3) is 10.0 Å². The van der Waals surface area contributed by atoms with Gasteiger partial charge in [0.05, 0.1) is 10.6 Å². The molecule has 2 heterocycles. The fourth-order valence-electron chi connectivity index (χ4n) is 4.18. The standard InChI is InChI=1S/C26H26N4O2S/c1-19-13-15-30(16-14-19)26-12-11-25(27-28-26)22-7-4-8-23(17-22)29-33(31,32)24-10-9-20-5-2-3-6-21(20)18-24/h2-12,17-19,29H,13-16H2,1H3. The second kappa shape index (κ2) is 8.83. The van der Waals surface area contributed by atoms with E-state index in [0.29, 0.717) is 11.4 Å². The highest BCUT2D eigenvalue weighted by atomic mass is 32.2. The molecule has 0 unspecified atom stereocenters. The van der Waals surface area contributed by atoms with Crippen LogP contribution in [0.3, 0.4) is 0 Å². The molecule has 4 aromatic rings. The maximum atomic E-state index is 13.0. The molecule has 1 fully saturated rings. The minimum Gasteiger partial charge on any atom is -0.355 e. The molecule has 0 aliphatic carbocycles. The van der Waals surface area contributed by atoms with Gasteiger partial charge in [-0.1, -0.05) is 49.4 Å². The first-order valence-electron chi connectivity index (χ1n) is 11.2. The van der Waals surface area contributed by atoms with Crippen LogP contribution in [-0.2, 0) is 10.0 Å². The molecule has 1 aliphatic heterocycles. The van der Waals surface area contributed by atoms with E-state index < -0.39 is 10.0 Å². The number of aromatic nitrogens is 2. The van der Waals surface area contributed by atoms with Crippen LogP contribution in [0, 0.1) is 5.92 Å². The summed E-state index contributed by atoms with van der Waals surface area (Å²) in [5.74, 6) is 1.65. The fourth-order valence-corrected chi connectivity index (χ4v) is 5.26. The third-order valence-electron chi connectivity index (χ3n) is 6.20. The summed E-state index contributed by atoms with van der Waals surface area (Å²) in [7, 11) is -3.72. The summed E-state index contributed by atoms with van der Waals surface area (Å²) >= 11 is 0. The van der Waals surface area contributed by atoms with Crippen molar-refractivity contribution in [2.75, 3.05) is 22.7 Å². The van der Waals surface area contributed by atoms with Crippen molar-refractivity contribution >= 4 is 32.3 Å². The summed E-state index contributed by atoms with van der Waals surface area (Å²) in [4.78, 5) is 2.50. The molecule has 7 heteroatoms. The van der Waals surface area contributed by atoms with Gasteiger partial charge >= 0.3 is 0 Å². The Labute approximate surface area is 194 Å². The van der Waals surface area contributed by atoms with Crippen LogP contribution in [0.2, 0.25) is 0 Å². The van der Waals surface area contributed by atoms with Crippen molar-refractivity contribution < 1.29 is 8.42 Å². The number of piperidine rings is 1. The normalized spacial score (nSPS) is 15.0. The molecule has 1 saturated heterocycles. The number of anilines is 2. The second-order valence-electron chi connectivity index (χ2n) is 8.64. The highest BCUT2D eigenvalue weighted by Gasteiger charge is 2.18. The van der Waals surface area contributed by atoms with E-state index >= 15 is 0 Å². The molecule has 0 amide bonds. The summed E-state index contributed by atoms with van der Waals surface area (Å²) in [5.41, 5.74) is 1.99. The third-order valence-corrected chi connectivity index (χ3v) is 7.58. The van der Waals surface area contributed by atoms with Crippen LogP contribution in [-0.4, -0.2) is 31.7 Å². The minimum absolute atomic E-state index is 0.228. The molecule has 0 bridgehead atoms. The minimum atomic E-state index is -3.72. The van der Waals surface area contributed by atoms with E-state index in [-0.39, 0.29) is 4.90 Å². The molecule has 1 N–H and O–H groups in total. The Hall–Kier alpha value is -3.45. The predicted molar refractivity (Wildman–Crippen MR) is 133 cm³/mol. The van der Waals surface area contributed by atoms with Gasteiger partial charge in [0.1, 0.15) is 0 Å². The lowest BCUT2D eigenvalue weighted by Crippen LogP contribution is -2.33. The highest BCUT2D eigenvalue weighted by Crippen LogP contribution is 2.26. The van der Waals surface area contributed by atoms with E-state index in [4.69, 9.17) is 0 Å². The van der Waals surface area contributed by atoms with Gasteiger partial charge in [-0.05, 0) is 65.9 Å². The Balaban J connectivity index is 1.35. The van der Waals surface area contributed by atoms with Gasteiger partial charge < -0.3 is 4.90 Å². The number of sulfonamides is 1. The van der Waals surface area contributed by atoms with Gasteiger partial charge in [0.15, 0.2) is 5.82 Å². The summed E-state index contributed by atoms with van der Waals surface area (Å²) in [6, 6.07) is 24.0. The molecule has 0 radical (unpaired) electrons. The topological polar surface area (TPSA) is 75.2 Å². The molecule has 33 heavy (non-hydrogen) atoms. The molecule has 0 spiro atoms. The average Bonchev–Trinajstić information content (AvgIpc) is 2.84. The van der Waals surface area contributed by atoms with E-state index in [9.17, 15) is 8.42 Å².